The summed E-state index contributed by atoms with van der Waals surface area (Å²) >= 11 is 17.2. The molecule has 3 atom stereocenters. The fourth-order valence-corrected chi connectivity index (χ4v) is 18.5. The van der Waals surface area contributed by atoms with Crippen molar-refractivity contribution in [1.82, 2.24) is 35.0 Å². The third kappa shape index (κ3) is 33.5. The van der Waals surface area contributed by atoms with Gasteiger partial charge in [-0.3, -0.25) is 0 Å². The van der Waals surface area contributed by atoms with Gasteiger partial charge in [0.2, 0.25) is 0 Å². The Balaban J connectivity index is 0.000000191. The van der Waals surface area contributed by atoms with Crippen LogP contribution in [0.25, 0.3) is 11.1 Å². The first-order valence-electron chi connectivity index (χ1n) is 49.8. The van der Waals surface area contributed by atoms with E-state index < -0.39 is 103 Å². The summed E-state index contributed by atoms with van der Waals surface area (Å²) in [5, 5.41) is 13.0. The van der Waals surface area contributed by atoms with Crippen molar-refractivity contribution in [2.24, 2.45) is 23.7 Å². The highest BCUT2D eigenvalue weighted by Crippen LogP contribution is 2.42. The van der Waals surface area contributed by atoms with Gasteiger partial charge in [0.25, 0.3) is 0 Å². The number of hydrogen-bond donors (Lipinski definition) is 5. The molecule has 17 rings (SSSR count). The Morgan fingerprint density at radius 1 is 0.420 bits per heavy atom. The van der Waals surface area contributed by atoms with E-state index in [4.69, 9.17) is 82.7 Å². The number of benzene rings is 4. The van der Waals surface area contributed by atoms with Crippen LogP contribution in [-0.4, -0.2) is 227 Å². The number of rotatable bonds is 13. The number of morpholine rings is 3. The lowest BCUT2D eigenvalue weighted by Crippen LogP contribution is -2.41. The van der Waals surface area contributed by atoms with Gasteiger partial charge >= 0.3 is 45.6 Å². The number of amides is 6. The molecule has 3 aromatic heterocycles. The van der Waals surface area contributed by atoms with Gasteiger partial charge in [0.15, 0.2) is 0 Å². The third-order valence-electron chi connectivity index (χ3n) is 28.7. The summed E-state index contributed by atoms with van der Waals surface area (Å²) in [4.78, 5) is 60.0. The van der Waals surface area contributed by atoms with Crippen LogP contribution in [0.3, 0.4) is 0 Å². The molecule has 0 bridgehead atoms. The van der Waals surface area contributed by atoms with Crippen molar-refractivity contribution >= 4 is 137 Å². The Labute approximate surface area is 864 Å². The normalized spacial score (nSPS) is 20.6. The molecule has 7 aromatic rings. The SMILES string of the molecule is C1COCCN1.CCC1CCCC1.CC[C@@H]1CCN(C(=O)Nc2cc(-c3cc(C)nc(N4CCOCC4)c3)c(C)cc2F)C1.CC[C@@H]1CCN(C(=O)Nc2cc(B3OC(C)(C)C(C)(C)O3)c(C)cc2F)C1.Cc1cc(Cl)cc(Cl)n1.Cc1cc(Cl)cc(N2CCOCC2)n1.Cc1cc(F)c(N)cc1B1OC(C)(C)C(C)(C)O1.Cc1cc(F)c(NC(=O)N2CC[C@@H](CC(F)(F)F)C2)cc1B1OC(C)(C)C(C)(C)O1.Cl. The van der Waals surface area contributed by atoms with Gasteiger partial charge in [-0.05, 0) is 309 Å². The molecule has 9 saturated heterocycles. The zero-order valence-corrected chi connectivity index (χ0v) is 90.5. The Bertz CT molecular complexity index is 5260. The van der Waals surface area contributed by atoms with Crippen molar-refractivity contribution in [2.75, 3.05) is 150 Å². The topological polar surface area (TPSA) is 263 Å². The van der Waals surface area contributed by atoms with Crippen molar-refractivity contribution in [3.63, 3.8) is 0 Å². The number of halogens is 11. The molecule has 0 spiro atoms. The lowest BCUT2D eigenvalue weighted by atomic mass is 9.76. The average Bonchev–Trinajstić information content (AvgIpc) is 1.63. The average molecular weight is 2080 g/mol. The van der Waals surface area contributed by atoms with Crippen LogP contribution in [0.2, 0.25) is 15.2 Å². The molecule has 0 radical (unpaired) electrons. The second kappa shape index (κ2) is 52.2. The van der Waals surface area contributed by atoms with E-state index in [1.807, 2.05) is 149 Å². The predicted octanol–water partition coefficient (Wildman–Crippen LogP) is 21.7. The van der Waals surface area contributed by atoms with Gasteiger partial charge in [0.1, 0.15) is 40.1 Å². The molecular weight excluding hydrogens is 1930 g/mol. The number of ether oxygens (including phenoxy) is 3. The fraction of sp³-hybridized carbons (Fsp3) is 0.596. The number of nitrogens with two attached hydrogens (primary N) is 1. The molecule has 6 amide bonds. The lowest BCUT2D eigenvalue weighted by molar-refractivity contribution is -0.143. The number of pyridine rings is 3. The van der Waals surface area contributed by atoms with Gasteiger partial charge in [0, 0.05) is 112 Å². The smallest absolute Gasteiger partial charge is 0.399 e. The van der Waals surface area contributed by atoms with Gasteiger partial charge in [-0.25, -0.2) is 46.9 Å². The molecule has 10 aliphatic rings. The Morgan fingerprint density at radius 2 is 0.755 bits per heavy atom. The van der Waals surface area contributed by atoms with Crippen molar-refractivity contribution in [3.05, 3.63) is 163 Å². The Kier molecular flexibility index (Phi) is 43.3. The summed E-state index contributed by atoms with van der Waals surface area (Å²) in [5.41, 5.74) is 12.7. The Morgan fingerprint density at radius 3 is 1.10 bits per heavy atom. The first kappa shape index (κ1) is 119. The largest absolute Gasteiger partial charge is 0.495 e. The summed E-state index contributed by atoms with van der Waals surface area (Å²) in [7, 11) is -1.82. The number of nitrogens with one attached hydrogen (secondary N) is 4. The van der Waals surface area contributed by atoms with Crippen molar-refractivity contribution < 1.29 is 87.3 Å². The van der Waals surface area contributed by atoms with E-state index in [0.717, 1.165) is 189 Å². The number of alkyl halides is 3. The molecule has 39 heteroatoms. The summed E-state index contributed by atoms with van der Waals surface area (Å²) in [6.07, 6.45) is 6.62. The molecular formula is C104H149B3Cl4F7N13O12. The maximum atomic E-state index is 14.7. The second-order valence-electron chi connectivity index (χ2n) is 41.3. The molecule has 6 N–H and O–H groups in total. The zero-order valence-electron chi connectivity index (χ0n) is 87.4. The molecule has 9 aliphatic heterocycles. The maximum absolute atomic E-state index is 14.7. The van der Waals surface area contributed by atoms with E-state index in [0.29, 0.717) is 52.8 Å². The molecule has 0 unspecified atom stereocenters. The number of nitrogen functional groups attached to an aromatic ring is 1. The van der Waals surface area contributed by atoms with Gasteiger partial charge in [-0.2, -0.15) is 13.2 Å². The van der Waals surface area contributed by atoms with E-state index in [-0.39, 0.29) is 66.7 Å². The van der Waals surface area contributed by atoms with Crippen LogP contribution in [0.4, 0.5) is 79.5 Å². The summed E-state index contributed by atoms with van der Waals surface area (Å²) < 4.78 is 147. The first-order chi connectivity index (χ1) is 66.7. The number of aromatic nitrogens is 3. The highest BCUT2D eigenvalue weighted by Gasteiger charge is 2.55. The number of carbonyl (C=O) groups excluding carboxylic acids is 3. The monoisotopic (exact) mass is 2080 g/mol. The van der Waals surface area contributed by atoms with Crippen LogP contribution < -0.4 is 53.2 Å². The van der Waals surface area contributed by atoms with Gasteiger partial charge in [0.05, 0.1) is 96.0 Å². The van der Waals surface area contributed by atoms with E-state index in [2.05, 4.69) is 66.8 Å². The standard InChI is InChI=1S/C24H31FN4O2.C20H27BF4N2O3.C20H30BFN2O3.C13H19BFNO2.C10H13ClN2O.C7H14.C6H5Cl2N.C4H9NO.ClH/c1-4-18-5-6-29(15-18)24(30)27-22-14-20(16(2)11-21(22)25)19-12-17(3)26-23(13-19)28-7-9-31-10-8-28;1-12-8-15(22)16(9-14(12)21-29-18(2,3)19(4,5)30-21)26-17(28)27-7-6-13(11-27)10-20(23,24)25;1-7-14-8-9-24(12-14)18(25)23-17-11-15(13(2)10-16(17)22)21-26-19(3,4)20(5,6)27-21;1-8-6-10(15)11(16)7-9(8)14-17-12(2,3)13(4,5)18-14;1-8-6-9(11)7-10(12-8)13-2-4-14-5-3-13;1-2-7-5-3-4-6-7;1-4-2-5(7)3-6(8)9-4;1-3-6-4-2-5-1;/h11-14,18H,4-10,15H2,1-3H3,(H,27,30);8-9,13H,6-7,10-11H2,1-5H3,(H,26,28);10-11,14H,7-9,12H2,1-6H3,(H,23,25);6-7H,16H2,1-5H3;6-7H,2-5H2,1H3;7H,2-6H2,1H3;2-3H,1H3;5H,1-4H2;1H/t18-;13-;14-;;;;;;/m101....../s1. The minimum Gasteiger partial charge on any atom is -0.399 e. The summed E-state index contributed by atoms with van der Waals surface area (Å²) in [6, 6.07) is 22.1. The molecule has 143 heavy (non-hydrogen) atoms. The van der Waals surface area contributed by atoms with E-state index in [1.54, 1.807) is 47.1 Å². The van der Waals surface area contributed by atoms with E-state index in [9.17, 15) is 45.1 Å². The van der Waals surface area contributed by atoms with Crippen LogP contribution in [0.5, 0.6) is 0 Å². The fourth-order valence-electron chi connectivity index (χ4n) is 17.7. The number of carbonyl (C=O) groups is 3. The molecule has 1 aliphatic carbocycles. The highest BCUT2D eigenvalue weighted by molar-refractivity contribution is 6.64. The predicted molar refractivity (Wildman–Crippen MR) is 564 cm³/mol. The number of nitrogens with zero attached hydrogens (tertiary/aromatic N) is 8. The number of aryl methyl sites for hydroxylation is 7. The zero-order chi connectivity index (χ0) is 104. The second-order valence-corrected chi connectivity index (χ2v) is 42.5. The van der Waals surface area contributed by atoms with Gasteiger partial charge in [-0.1, -0.05) is 101 Å². The molecule has 1 saturated carbocycles. The molecule has 4 aromatic carbocycles. The number of anilines is 6. The van der Waals surface area contributed by atoms with Gasteiger partial charge in [-0.15, -0.1) is 12.4 Å². The number of hydrogen-bond acceptors (Lipinski definition) is 19. The molecule has 10 fully saturated rings. The quantitative estimate of drug-likeness (QED) is 0.0311. The summed E-state index contributed by atoms with van der Waals surface area (Å²) in [6.45, 7) is 56.2. The van der Waals surface area contributed by atoms with Crippen LogP contribution >= 0.6 is 47.2 Å². The summed E-state index contributed by atoms with van der Waals surface area (Å²) in [5.74, 6) is 1.46. The lowest BCUT2D eigenvalue weighted by Gasteiger charge is -2.32. The maximum Gasteiger partial charge on any atom is 0.495 e. The number of urea groups is 3. The highest BCUT2D eigenvalue weighted by atomic mass is 35.5. The first-order valence-corrected chi connectivity index (χ1v) is 50.9. The minimum absolute atomic E-state index is 0. The van der Waals surface area contributed by atoms with Crippen LogP contribution in [0.1, 0.15) is 214 Å². The van der Waals surface area contributed by atoms with Gasteiger partial charge < -0.3 is 93.6 Å². The Hall–Kier alpha value is -8.00. The van der Waals surface area contributed by atoms with E-state index in [1.165, 1.54) is 67.3 Å². The van der Waals surface area contributed by atoms with Crippen LogP contribution in [0, 0.1) is 95.4 Å². The third-order valence-corrected chi connectivity index (χ3v) is 29.3. The molecule has 25 nitrogen and oxygen atoms in total. The number of likely N-dealkylation sites (tertiary alicyclic amines) is 3. The van der Waals surface area contributed by atoms with Crippen molar-refractivity contribution in [3.8, 4) is 11.1 Å². The molecule has 788 valence electrons. The van der Waals surface area contributed by atoms with Crippen molar-refractivity contribution in [1.29, 1.82) is 0 Å². The van der Waals surface area contributed by atoms with Crippen LogP contribution in [0.15, 0.2) is 84.9 Å². The van der Waals surface area contributed by atoms with Crippen LogP contribution in [-0.2, 0) is 42.1 Å². The minimum atomic E-state index is -4.27. The molecule has 12 heterocycles. The van der Waals surface area contributed by atoms with Crippen molar-refractivity contribution in [2.45, 2.75) is 263 Å². The van der Waals surface area contributed by atoms with E-state index >= 15 is 0 Å².